The van der Waals surface area contributed by atoms with Crippen LogP contribution in [-0.2, 0) is 6.54 Å². The largest absolute Gasteiger partial charge is 0.495 e. The molecule has 0 saturated carbocycles. The molecule has 0 unspecified atom stereocenters. The van der Waals surface area contributed by atoms with Gasteiger partial charge in [0.2, 0.25) is 0 Å². The molecule has 0 aliphatic carbocycles. The van der Waals surface area contributed by atoms with Gasteiger partial charge in [-0.25, -0.2) is 0 Å². The Hall–Kier alpha value is -2.93. The van der Waals surface area contributed by atoms with Crippen molar-refractivity contribution in [2.24, 2.45) is 0 Å². The summed E-state index contributed by atoms with van der Waals surface area (Å²) in [6.07, 6.45) is 3.28. The van der Waals surface area contributed by atoms with E-state index in [1.165, 1.54) is 0 Å². The Bertz CT molecular complexity index is 960. The van der Waals surface area contributed by atoms with Gasteiger partial charge in [0.25, 0.3) is 5.91 Å². The molecule has 3 aromatic rings. The Morgan fingerprint density at radius 1 is 1.18 bits per heavy atom. The molecule has 1 fully saturated rings. The highest BCUT2D eigenvalue weighted by atomic mass is 35.5. The molecule has 3 heterocycles. The van der Waals surface area contributed by atoms with E-state index < -0.39 is 0 Å². The maximum Gasteiger partial charge on any atom is 0.289 e. The number of anilines is 1. The first-order valence-corrected chi connectivity index (χ1v) is 9.46. The number of halogens is 1. The maximum atomic E-state index is 12.8. The summed E-state index contributed by atoms with van der Waals surface area (Å²) in [5.74, 6) is 1.76. The highest BCUT2D eigenvalue weighted by Gasteiger charge is 2.25. The summed E-state index contributed by atoms with van der Waals surface area (Å²) in [6.45, 7) is 3.17. The molecule has 146 valence electrons. The quantitative estimate of drug-likeness (QED) is 0.658. The minimum atomic E-state index is -0.0931. The number of ether oxygens (including phenoxy) is 1. The smallest absolute Gasteiger partial charge is 0.289 e. The number of rotatable bonds is 5. The third-order valence-corrected chi connectivity index (χ3v) is 4.98. The fourth-order valence-electron chi connectivity index (χ4n) is 3.36. The number of hydrogen-bond donors (Lipinski definition) is 0. The van der Waals surface area contributed by atoms with Gasteiger partial charge in [-0.3, -0.25) is 9.48 Å². The lowest BCUT2D eigenvalue weighted by Crippen LogP contribution is -2.48. The molecule has 1 saturated heterocycles. The molecule has 0 N–H and O–H groups in total. The van der Waals surface area contributed by atoms with Crippen LogP contribution in [0, 0.1) is 0 Å². The summed E-state index contributed by atoms with van der Waals surface area (Å²) < 4.78 is 12.8. The highest BCUT2D eigenvalue weighted by molar-refractivity contribution is 6.30. The molecule has 1 aromatic carbocycles. The van der Waals surface area contributed by atoms with Gasteiger partial charge in [-0.2, -0.15) is 5.10 Å². The predicted octanol–water partition coefficient (Wildman–Crippen LogP) is 3.15. The average Bonchev–Trinajstić information content (AvgIpc) is 3.36. The third-order valence-electron chi connectivity index (χ3n) is 4.78. The fourth-order valence-corrected chi connectivity index (χ4v) is 3.52. The Balaban J connectivity index is 1.38. The van der Waals surface area contributed by atoms with Crippen LogP contribution in [0.4, 0.5) is 5.69 Å². The minimum Gasteiger partial charge on any atom is -0.495 e. The zero-order chi connectivity index (χ0) is 19.5. The van der Waals surface area contributed by atoms with E-state index >= 15 is 0 Å². The summed E-state index contributed by atoms with van der Waals surface area (Å²) in [7, 11) is 1.67. The first-order chi connectivity index (χ1) is 13.6. The van der Waals surface area contributed by atoms with Gasteiger partial charge in [0.1, 0.15) is 11.5 Å². The Labute approximate surface area is 168 Å². The number of carbonyl (C=O) groups is 1. The standard InChI is InChI=1S/C20H21ClN4O3/c1-27-18-5-3-2-4-17(18)23-8-10-24(11-9-23)20(26)19-7-6-16(28-19)14-25-13-15(21)12-22-25/h2-7,12-13H,8-11,14H2,1H3. The van der Waals surface area contributed by atoms with E-state index in [1.54, 1.807) is 36.3 Å². The van der Waals surface area contributed by atoms with Gasteiger partial charge in [-0.05, 0) is 24.3 Å². The van der Waals surface area contributed by atoms with Crippen LogP contribution in [-0.4, -0.2) is 53.9 Å². The molecule has 0 atom stereocenters. The Kier molecular flexibility index (Phi) is 5.25. The monoisotopic (exact) mass is 400 g/mol. The van der Waals surface area contributed by atoms with Gasteiger partial charge < -0.3 is 19.0 Å². The normalized spacial score (nSPS) is 14.4. The van der Waals surface area contributed by atoms with Gasteiger partial charge in [-0.15, -0.1) is 0 Å². The van der Waals surface area contributed by atoms with Crippen molar-refractivity contribution in [2.75, 3.05) is 38.2 Å². The average molecular weight is 401 g/mol. The summed E-state index contributed by atoms with van der Waals surface area (Å²) >= 11 is 5.87. The zero-order valence-electron chi connectivity index (χ0n) is 15.5. The maximum absolute atomic E-state index is 12.8. The van der Waals surface area contributed by atoms with Gasteiger partial charge in [0, 0.05) is 32.4 Å². The van der Waals surface area contributed by atoms with Crippen LogP contribution in [0.1, 0.15) is 16.3 Å². The second-order valence-corrected chi connectivity index (χ2v) is 7.01. The molecule has 8 heteroatoms. The number of amides is 1. The van der Waals surface area contributed by atoms with E-state index in [4.69, 9.17) is 20.8 Å². The first-order valence-electron chi connectivity index (χ1n) is 9.08. The van der Waals surface area contributed by atoms with Crippen molar-refractivity contribution in [3.05, 3.63) is 65.3 Å². The fraction of sp³-hybridized carbons (Fsp3) is 0.300. The van der Waals surface area contributed by atoms with E-state index in [1.807, 2.05) is 29.2 Å². The van der Waals surface area contributed by atoms with Crippen molar-refractivity contribution in [1.82, 2.24) is 14.7 Å². The molecule has 0 radical (unpaired) electrons. The number of piperazine rings is 1. The van der Waals surface area contributed by atoms with E-state index in [-0.39, 0.29) is 5.91 Å². The molecule has 1 aliphatic heterocycles. The number of aromatic nitrogens is 2. The molecule has 4 rings (SSSR count). The molecule has 7 nitrogen and oxygen atoms in total. The molecule has 0 bridgehead atoms. The van der Waals surface area contributed by atoms with Gasteiger partial charge in [0.15, 0.2) is 5.76 Å². The lowest BCUT2D eigenvalue weighted by molar-refractivity contribution is 0.0712. The van der Waals surface area contributed by atoms with Crippen LogP contribution in [0.3, 0.4) is 0 Å². The SMILES string of the molecule is COc1ccccc1N1CCN(C(=O)c2ccc(Cn3cc(Cl)cn3)o2)CC1. The molecule has 1 aliphatic rings. The van der Waals surface area contributed by atoms with Gasteiger partial charge in [0.05, 0.1) is 30.6 Å². The van der Waals surface area contributed by atoms with Crippen LogP contribution in [0.2, 0.25) is 5.02 Å². The second kappa shape index (κ2) is 7.98. The van der Waals surface area contributed by atoms with Crippen molar-refractivity contribution < 1.29 is 13.9 Å². The second-order valence-electron chi connectivity index (χ2n) is 6.57. The summed E-state index contributed by atoms with van der Waals surface area (Å²) in [6, 6.07) is 11.4. The van der Waals surface area contributed by atoms with Crippen molar-refractivity contribution in [1.29, 1.82) is 0 Å². The van der Waals surface area contributed by atoms with Crippen LogP contribution in [0.15, 0.2) is 53.2 Å². The van der Waals surface area contributed by atoms with Gasteiger partial charge >= 0.3 is 0 Å². The lowest BCUT2D eigenvalue weighted by atomic mass is 10.2. The first kappa shape index (κ1) is 18.4. The van der Waals surface area contributed by atoms with Crippen LogP contribution < -0.4 is 9.64 Å². The molecule has 0 spiro atoms. The van der Waals surface area contributed by atoms with E-state index in [9.17, 15) is 4.79 Å². The van der Waals surface area contributed by atoms with Crippen LogP contribution >= 0.6 is 11.6 Å². The summed E-state index contributed by atoms with van der Waals surface area (Å²) in [5, 5.41) is 4.69. The van der Waals surface area contributed by atoms with Crippen molar-refractivity contribution >= 4 is 23.2 Å². The van der Waals surface area contributed by atoms with E-state index in [0.717, 1.165) is 24.5 Å². The number of methoxy groups -OCH3 is 1. The van der Waals surface area contributed by atoms with Crippen molar-refractivity contribution in [3.63, 3.8) is 0 Å². The lowest BCUT2D eigenvalue weighted by Gasteiger charge is -2.36. The molecule has 1 amide bonds. The molecule has 2 aromatic heterocycles. The number of furan rings is 1. The van der Waals surface area contributed by atoms with E-state index in [2.05, 4.69) is 10.00 Å². The third kappa shape index (κ3) is 3.84. The number of para-hydroxylation sites is 2. The summed E-state index contributed by atoms with van der Waals surface area (Å²) in [5.41, 5.74) is 1.05. The predicted molar refractivity (Wildman–Crippen MR) is 106 cm³/mol. The van der Waals surface area contributed by atoms with E-state index in [0.29, 0.717) is 36.2 Å². The Morgan fingerprint density at radius 3 is 2.68 bits per heavy atom. The Morgan fingerprint density at radius 2 is 1.96 bits per heavy atom. The minimum absolute atomic E-state index is 0.0931. The molecular weight excluding hydrogens is 380 g/mol. The number of nitrogens with zero attached hydrogens (tertiary/aromatic N) is 4. The number of hydrogen-bond acceptors (Lipinski definition) is 5. The van der Waals surface area contributed by atoms with Crippen LogP contribution in [0.5, 0.6) is 5.75 Å². The summed E-state index contributed by atoms with van der Waals surface area (Å²) in [4.78, 5) is 16.8. The van der Waals surface area contributed by atoms with Crippen molar-refractivity contribution in [2.45, 2.75) is 6.54 Å². The highest BCUT2D eigenvalue weighted by Crippen LogP contribution is 2.28. The molecule has 28 heavy (non-hydrogen) atoms. The van der Waals surface area contributed by atoms with Crippen LogP contribution in [0.25, 0.3) is 0 Å². The molecular formula is C20H21ClN4O3. The zero-order valence-corrected chi connectivity index (χ0v) is 16.3. The number of carbonyl (C=O) groups excluding carboxylic acids is 1. The van der Waals surface area contributed by atoms with Gasteiger partial charge in [-0.1, -0.05) is 23.7 Å². The van der Waals surface area contributed by atoms with Crippen molar-refractivity contribution in [3.8, 4) is 5.75 Å². The number of benzene rings is 1. The topological polar surface area (TPSA) is 63.7 Å².